The molecule has 0 spiro atoms. The standard InChI is InChI=1S/C19H18N4O3S2/c1-12-4-7-14(8-5-12)15-11-27-19-20-18(21-23(15)19)22-28(24,25)17-10-13(2)6-9-16(17)26-3/h4-11H,1-3H3,(H,21,22). The van der Waals surface area contributed by atoms with Crippen LogP contribution in [0.2, 0.25) is 0 Å². The van der Waals surface area contributed by atoms with Gasteiger partial charge in [0.25, 0.3) is 16.0 Å². The highest BCUT2D eigenvalue weighted by Gasteiger charge is 2.22. The summed E-state index contributed by atoms with van der Waals surface area (Å²) in [7, 11) is -2.46. The number of sulfonamides is 1. The fourth-order valence-corrected chi connectivity index (χ4v) is 4.84. The Balaban J connectivity index is 1.71. The number of hydrogen-bond acceptors (Lipinski definition) is 6. The Kier molecular flexibility index (Phi) is 4.56. The minimum Gasteiger partial charge on any atom is -0.495 e. The van der Waals surface area contributed by atoms with Crippen molar-refractivity contribution in [3.63, 3.8) is 0 Å². The van der Waals surface area contributed by atoms with Crippen LogP contribution in [0.15, 0.2) is 52.7 Å². The van der Waals surface area contributed by atoms with Crippen LogP contribution in [-0.2, 0) is 10.0 Å². The molecule has 4 aromatic rings. The second-order valence-electron chi connectivity index (χ2n) is 6.38. The van der Waals surface area contributed by atoms with Crippen molar-refractivity contribution in [1.29, 1.82) is 0 Å². The molecule has 0 radical (unpaired) electrons. The first-order chi connectivity index (χ1) is 13.4. The molecule has 9 heteroatoms. The van der Waals surface area contributed by atoms with Crippen molar-refractivity contribution in [3.05, 3.63) is 59.0 Å². The second-order valence-corrected chi connectivity index (χ2v) is 8.86. The molecule has 0 saturated carbocycles. The molecule has 2 aromatic carbocycles. The first kappa shape index (κ1) is 18.5. The van der Waals surface area contributed by atoms with E-state index in [0.29, 0.717) is 4.96 Å². The van der Waals surface area contributed by atoms with Crippen LogP contribution in [0, 0.1) is 13.8 Å². The van der Waals surface area contributed by atoms with E-state index >= 15 is 0 Å². The number of aromatic nitrogens is 3. The Morgan fingerprint density at radius 1 is 1.07 bits per heavy atom. The molecule has 2 heterocycles. The first-order valence-corrected chi connectivity index (χ1v) is 10.8. The molecule has 2 aromatic heterocycles. The lowest BCUT2D eigenvalue weighted by atomic mass is 10.1. The van der Waals surface area contributed by atoms with E-state index in [1.165, 1.54) is 18.4 Å². The molecule has 0 atom stereocenters. The molecule has 144 valence electrons. The number of rotatable bonds is 5. The van der Waals surface area contributed by atoms with Gasteiger partial charge in [-0.15, -0.1) is 16.4 Å². The lowest BCUT2D eigenvalue weighted by Crippen LogP contribution is -2.15. The van der Waals surface area contributed by atoms with Gasteiger partial charge in [0.2, 0.25) is 4.96 Å². The summed E-state index contributed by atoms with van der Waals surface area (Å²) in [6.07, 6.45) is 0. The summed E-state index contributed by atoms with van der Waals surface area (Å²) in [6, 6.07) is 13.0. The number of benzene rings is 2. The van der Waals surface area contributed by atoms with E-state index in [1.54, 1.807) is 22.7 Å². The maximum atomic E-state index is 12.8. The molecule has 0 aliphatic heterocycles. The van der Waals surface area contributed by atoms with Crippen molar-refractivity contribution < 1.29 is 13.2 Å². The number of ether oxygens (including phenoxy) is 1. The molecule has 4 rings (SSSR count). The van der Waals surface area contributed by atoms with E-state index in [2.05, 4.69) is 14.8 Å². The highest BCUT2D eigenvalue weighted by Crippen LogP contribution is 2.29. The Morgan fingerprint density at radius 3 is 2.50 bits per heavy atom. The van der Waals surface area contributed by atoms with Gasteiger partial charge in [0, 0.05) is 10.9 Å². The summed E-state index contributed by atoms with van der Waals surface area (Å²) in [5, 5.41) is 6.29. The van der Waals surface area contributed by atoms with Gasteiger partial charge in [-0.05, 0) is 31.5 Å². The monoisotopic (exact) mass is 414 g/mol. The van der Waals surface area contributed by atoms with Crippen molar-refractivity contribution in [2.24, 2.45) is 0 Å². The average molecular weight is 415 g/mol. The summed E-state index contributed by atoms with van der Waals surface area (Å²) >= 11 is 1.40. The van der Waals surface area contributed by atoms with Gasteiger partial charge in [0.15, 0.2) is 0 Å². The zero-order chi connectivity index (χ0) is 19.9. The summed E-state index contributed by atoms with van der Waals surface area (Å²) in [5.41, 5.74) is 3.80. The number of anilines is 1. The van der Waals surface area contributed by atoms with Gasteiger partial charge < -0.3 is 4.74 Å². The third-order valence-corrected chi connectivity index (χ3v) is 6.43. The summed E-state index contributed by atoms with van der Waals surface area (Å²) < 4.78 is 35.0. The molecular weight excluding hydrogens is 396 g/mol. The van der Waals surface area contributed by atoms with Crippen LogP contribution < -0.4 is 9.46 Å². The van der Waals surface area contributed by atoms with Crippen molar-refractivity contribution in [2.75, 3.05) is 11.8 Å². The Hall–Kier alpha value is -2.91. The topological polar surface area (TPSA) is 85.6 Å². The molecule has 28 heavy (non-hydrogen) atoms. The smallest absolute Gasteiger partial charge is 0.267 e. The minimum absolute atomic E-state index is 0.0174. The van der Waals surface area contributed by atoms with Crippen molar-refractivity contribution in [2.45, 2.75) is 18.7 Å². The van der Waals surface area contributed by atoms with E-state index in [0.717, 1.165) is 22.4 Å². The fourth-order valence-electron chi connectivity index (χ4n) is 2.82. The molecule has 0 aliphatic rings. The van der Waals surface area contributed by atoms with Crippen molar-refractivity contribution in [3.8, 4) is 17.0 Å². The molecule has 0 aliphatic carbocycles. The fraction of sp³-hybridized carbons (Fsp3) is 0.158. The quantitative estimate of drug-likeness (QED) is 0.536. The molecule has 7 nitrogen and oxygen atoms in total. The van der Waals surface area contributed by atoms with Crippen LogP contribution in [0.1, 0.15) is 11.1 Å². The summed E-state index contributed by atoms with van der Waals surface area (Å²) in [5.74, 6) is 0.281. The van der Waals surface area contributed by atoms with Crippen LogP contribution in [0.3, 0.4) is 0 Å². The Morgan fingerprint density at radius 2 is 1.79 bits per heavy atom. The molecular formula is C19H18N4O3S2. The zero-order valence-corrected chi connectivity index (χ0v) is 17.1. The van der Waals surface area contributed by atoms with Crippen molar-refractivity contribution in [1.82, 2.24) is 14.6 Å². The first-order valence-electron chi connectivity index (χ1n) is 8.46. The predicted molar refractivity (Wildman–Crippen MR) is 110 cm³/mol. The predicted octanol–water partition coefficient (Wildman–Crippen LogP) is 3.88. The van der Waals surface area contributed by atoms with Gasteiger partial charge >= 0.3 is 0 Å². The third-order valence-electron chi connectivity index (χ3n) is 4.26. The maximum absolute atomic E-state index is 12.8. The molecule has 1 N–H and O–H groups in total. The number of thiazole rings is 1. The minimum atomic E-state index is -3.90. The number of methoxy groups -OCH3 is 1. The normalized spacial score (nSPS) is 11.7. The number of fused-ring (bicyclic) bond motifs is 1. The lowest BCUT2D eigenvalue weighted by molar-refractivity contribution is 0.402. The van der Waals surface area contributed by atoms with E-state index in [-0.39, 0.29) is 16.6 Å². The van der Waals surface area contributed by atoms with Gasteiger partial charge in [-0.2, -0.15) is 4.98 Å². The van der Waals surface area contributed by atoms with Gasteiger partial charge in [0.05, 0.1) is 12.8 Å². The zero-order valence-electron chi connectivity index (χ0n) is 15.5. The number of hydrogen-bond donors (Lipinski definition) is 1. The van der Waals surface area contributed by atoms with Crippen LogP contribution in [-0.4, -0.2) is 30.1 Å². The SMILES string of the molecule is COc1ccc(C)cc1S(=O)(=O)Nc1nc2scc(-c3ccc(C)cc3)n2n1. The average Bonchev–Trinajstić information content (AvgIpc) is 3.22. The molecule has 0 bridgehead atoms. The van der Waals surface area contributed by atoms with E-state index in [4.69, 9.17) is 4.74 Å². The lowest BCUT2D eigenvalue weighted by Gasteiger charge is -2.10. The van der Waals surface area contributed by atoms with Gasteiger partial charge in [0.1, 0.15) is 10.6 Å². The van der Waals surface area contributed by atoms with Gasteiger partial charge in [-0.1, -0.05) is 35.9 Å². The third kappa shape index (κ3) is 3.34. The van der Waals surface area contributed by atoms with E-state index in [1.807, 2.05) is 43.5 Å². The summed E-state index contributed by atoms with van der Waals surface area (Å²) in [6.45, 7) is 3.84. The maximum Gasteiger partial charge on any atom is 0.267 e. The van der Waals surface area contributed by atoms with Gasteiger partial charge in [-0.3, -0.25) is 0 Å². The number of nitrogens with zero attached hydrogens (tertiary/aromatic N) is 3. The van der Waals surface area contributed by atoms with Crippen LogP contribution in [0.4, 0.5) is 5.95 Å². The van der Waals surface area contributed by atoms with Crippen molar-refractivity contribution >= 4 is 32.3 Å². The molecule has 0 saturated heterocycles. The van der Waals surface area contributed by atoms with E-state index < -0.39 is 10.0 Å². The molecule has 0 amide bonds. The van der Waals surface area contributed by atoms with Crippen LogP contribution in [0.25, 0.3) is 16.2 Å². The Bertz CT molecular complexity index is 1260. The van der Waals surface area contributed by atoms with Gasteiger partial charge in [-0.25, -0.2) is 17.7 Å². The van der Waals surface area contributed by atoms with Crippen LogP contribution >= 0.6 is 11.3 Å². The van der Waals surface area contributed by atoms with E-state index in [9.17, 15) is 8.42 Å². The highest BCUT2D eigenvalue weighted by atomic mass is 32.2. The molecule has 0 fully saturated rings. The molecule has 0 unspecified atom stereocenters. The Labute approximate surface area is 166 Å². The number of nitrogens with one attached hydrogen (secondary N) is 1. The number of aryl methyl sites for hydroxylation is 2. The largest absolute Gasteiger partial charge is 0.495 e. The van der Waals surface area contributed by atoms with Crippen LogP contribution in [0.5, 0.6) is 5.75 Å². The summed E-state index contributed by atoms with van der Waals surface area (Å²) in [4.78, 5) is 4.95. The highest BCUT2D eigenvalue weighted by molar-refractivity contribution is 7.92. The second kappa shape index (κ2) is 6.92.